The molecule has 0 saturated heterocycles. The Morgan fingerprint density at radius 3 is 2.35 bits per heavy atom. The Balaban J connectivity index is 1.83. The quantitative estimate of drug-likeness (QED) is 0.721. The summed E-state index contributed by atoms with van der Waals surface area (Å²) in [6.45, 7) is 0. The van der Waals surface area contributed by atoms with E-state index in [0.717, 1.165) is 0 Å². The normalized spacial score (nSPS) is 9.90. The Hall–Kier alpha value is -1.99. The molecule has 0 aliphatic carbocycles. The summed E-state index contributed by atoms with van der Waals surface area (Å²) < 4.78 is 5.45. The third kappa shape index (κ3) is 4.01. The lowest BCUT2D eigenvalue weighted by Gasteiger charge is -2.07. The number of hydrogen-bond donors (Lipinski definition) is 3. The largest absolute Gasteiger partial charge is 0.444 e. The first kappa shape index (κ1) is 14.4. The topological polar surface area (TPSA) is 83.4 Å². The molecule has 1 aromatic heterocycles. The van der Waals surface area contributed by atoms with Gasteiger partial charge in [-0.05, 0) is 52.3 Å². The van der Waals surface area contributed by atoms with Crippen molar-refractivity contribution in [2.24, 2.45) is 0 Å². The molecule has 0 fully saturated rings. The molecule has 2 rings (SSSR count). The van der Waals surface area contributed by atoms with Crippen molar-refractivity contribution < 1.29 is 14.0 Å². The third-order valence-electron chi connectivity index (χ3n) is 2.19. The number of anilines is 1. The first-order valence-electron chi connectivity index (χ1n) is 5.43. The molecule has 0 spiro atoms. The number of halogens is 2. The Morgan fingerprint density at radius 1 is 1.05 bits per heavy atom. The number of rotatable bonds is 2. The Morgan fingerprint density at radius 2 is 1.75 bits per heavy atom. The fraction of sp³-hybridized carbons (Fsp3) is 0. The second kappa shape index (κ2) is 6.44. The molecule has 1 heterocycles. The first-order valence-corrected chi connectivity index (χ1v) is 6.60. The number of hydrazine groups is 1. The molecule has 1 aromatic carbocycles. The molecule has 3 amide bonds. The molecule has 3 N–H and O–H groups in total. The molecular weight excluding hydrogens is 350 g/mol. The lowest BCUT2D eigenvalue weighted by atomic mass is 10.3. The molecule has 0 unspecified atom stereocenters. The van der Waals surface area contributed by atoms with Crippen LogP contribution in [0.2, 0.25) is 5.02 Å². The smallest absolute Gasteiger partial charge is 0.337 e. The Kier molecular flexibility index (Phi) is 4.65. The SMILES string of the molecule is O=C(NNC(=O)c1ccc(Br)o1)Nc1ccc(Cl)cc1. The van der Waals surface area contributed by atoms with Crippen LogP contribution in [0.3, 0.4) is 0 Å². The highest BCUT2D eigenvalue weighted by molar-refractivity contribution is 9.10. The van der Waals surface area contributed by atoms with Crippen molar-refractivity contribution in [3.8, 4) is 0 Å². The maximum atomic E-state index is 11.6. The summed E-state index contributed by atoms with van der Waals surface area (Å²) in [7, 11) is 0. The van der Waals surface area contributed by atoms with Crippen LogP contribution in [-0.2, 0) is 0 Å². The van der Waals surface area contributed by atoms with Crippen LogP contribution in [-0.4, -0.2) is 11.9 Å². The maximum absolute atomic E-state index is 11.6. The second-order valence-corrected chi connectivity index (χ2v) is 4.86. The van der Waals surface area contributed by atoms with Crippen molar-refractivity contribution in [2.45, 2.75) is 0 Å². The van der Waals surface area contributed by atoms with Crippen LogP contribution in [0, 0.1) is 0 Å². The van der Waals surface area contributed by atoms with E-state index in [1.807, 2.05) is 0 Å². The van der Waals surface area contributed by atoms with Crippen LogP contribution in [0.5, 0.6) is 0 Å². The van der Waals surface area contributed by atoms with Crippen LogP contribution >= 0.6 is 27.5 Å². The van der Waals surface area contributed by atoms with Crippen LogP contribution in [0.25, 0.3) is 0 Å². The standard InChI is InChI=1S/C12H9BrClN3O3/c13-10-6-5-9(20-10)11(18)16-17-12(19)15-8-3-1-7(14)2-4-8/h1-6H,(H,16,18)(H2,15,17,19). The minimum atomic E-state index is -0.591. The van der Waals surface area contributed by atoms with Crippen LogP contribution in [0.4, 0.5) is 10.5 Å². The average Bonchev–Trinajstić information content (AvgIpc) is 2.85. The number of hydrogen-bond acceptors (Lipinski definition) is 3. The predicted molar refractivity (Wildman–Crippen MR) is 77.5 cm³/mol. The van der Waals surface area contributed by atoms with E-state index in [-0.39, 0.29) is 5.76 Å². The van der Waals surface area contributed by atoms with Crippen molar-refractivity contribution in [1.29, 1.82) is 0 Å². The van der Waals surface area contributed by atoms with E-state index in [4.69, 9.17) is 16.0 Å². The van der Waals surface area contributed by atoms with Crippen LogP contribution < -0.4 is 16.2 Å². The molecule has 104 valence electrons. The molecule has 20 heavy (non-hydrogen) atoms. The highest BCUT2D eigenvalue weighted by Crippen LogP contribution is 2.14. The summed E-state index contributed by atoms with van der Waals surface area (Å²) in [6, 6.07) is 8.99. The van der Waals surface area contributed by atoms with E-state index in [9.17, 15) is 9.59 Å². The molecule has 0 bridgehead atoms. The fourth-order valence-electron chi connectivity index (χ4n) is 1.31. The number of nitrogens with one attached hydrogen (secondary N) is 3. The number of furan rings is 1. The molecule has 0 atom stereocenters. The Labute approximate surface area is 127 Å². The van der Waals surface area contributed by atoms with Crippen molar-refractivity contribution in [3.63, 3.8) is 0 Å². The van der Waals surface area contributed by atoms with E-state index in [2.05, 4.69) is 32.1 Å². The van der Waals surface area contributed by atoms with Gasteiger partial charge in [0.25, 0.3) is 0 Å². The van der Waals surface area contributed by atoms with Gasteiger partial charge in [0.15, 0.2) is 10.4 Å². The minimum Gasteiger partial charge on any atom is -0.444 e. The maximum Gasteiger partial charge on any atom is 0.337 e. The molecule has 0 radical (unpaired) electrons. The van der Waals surface area contributed by atoms with Crippen LogP contribution in [0.15, 0.2) is 45.5 Å². The van der Waals surface area contributed by atoms with Gasteiger partial charge < -0.3 is 9.73 Å². The van der Waals surface area contributed by atoms with Gasteiger partial charge in [-0.25, -0.2) is 10.2 Å². The Bertz CT molecular complexity index is 627. The van der Waals surface area contributed by atoms with E-state index < -0.39 is 11.9 Å². The molecule has 6 nitrogen and oxygen atoms in total. The third-order valence-corrected chi connectivity index (χ3v) is 2.87. The zero-order chi connectivity index (χ0) is 14.5. The lowest BCUT2D eigenvalue weighted by Crippen LogP contribution is -2.43. The minimum absolute atomic E-state index is 0.0728. The average molecular weight is 359 g/mol. The molecule has 2 aromatic rings. The van der Waals surface area contributed by atoms with Gasteiger partial charge in [0.1, 0.15) is 0 Å². The van der Waals surface area contributed by atoms with Gasteiger partial charge >= 0.3 is 11.9 Å². The van der Waals surface area contributed by atoms with E-state index >= 15 is 0 Å². The second-order valence-electron chi connectivity index (χ2n) is 3.64. The van der Waals surface area contributed by atoms with Gasteiger partial charge in [0, 0.05) is 10.7 Å². The first-order chi connectivity index (χ1) is 9.54. The summed E-state index contributed by atoms with van der Waals surface area (Å²) in [5.41, 5.74) is 4.94. The summed E-state index contributed by atoms with van der Waals surface area (Å²) in [6.07, 6.45) is 0. The van der Waals surface area contributed by atoms with Crippen LogP contribution in [0.1, 0.15) is 10.6 Å². The lowest BCUT2D eigenvalue weighted by molar-refractivity contribution is 0.0909. The zero-order valence-corrected chi connectivity index (χ0v) is 12.3. The van der Waals surface area contributed by atoms with Crippen molar-refractivity contribution in [3.05, 3.63) is 51.9 Å². The van der Waals surface area contributed by atoms with Gasteiger partial charge in [-0.3, -0.25) is 10.2 Å². The van der Waals surface area contributed by atoms with Crippen molar-refractivity contribution >= 4 is 45.2 Å². The van der Waals surface area contributed by atoms with Gasteiger partial charge in [-0.2, -0.15) is 0 Å². The summed E-state index contributed by atoms with van der Waals surface area (Å²) in [5.74, 6) is -0.495. The summed E-state index contributed by atoms with van der Waals surface area (Å²) >= 11 is 8.79. The van der Waals surface area contributed by atoms with Gasteiger partial charge in [0.05, 0.1) is 0 Å². The molecule has 0 aliphatic rings. The number of amides is 3. The highest BCUT2D eigenvalue weighted by Gasteiger charge is 2.11. The van der Waals surface area contributed by atoms with E-state index in [1.54, 1.807) is 30.3 Å². The number of urea groups is 1. The number of benzene rings is 1. The molecule has 0 aliphatic heterocycles. The molecule has 0 saturated carbocycles. The predicted octanol–water partition coefficient (Wildman–Crippen LogP) is 3.16. The van der Waals surface area contributed by atoms with Gasteiger partial charge in [-0.15, -0.1) is 0 Å². The van der Waals surface area contributed by atoms with E-state index in [0.29, 0.717) is 15.4 Å². The monoisotopic (exact) mass is 357 g/mol. The molecular formula is C12H9BrClN3O3. The number of carbonyl (C=O) groups is 2. The fourth-order valence-corrected chi connectivity index (χ4v) is 1.74. The zero-order valence-electron chi connectivity index (χ0n) is 9.94. The van der Waals surface area contributed by atoms with E-state index in [1.165, 1.54) is 6.07 Å². The number of carbonyl (C=O) groups excluding carboxylic acids is 2. The summed E-state index contributed by atoms with van der Waals surface area (Å²) in [4.78, 5) is 23.1. The summed E-state index contributed by atoms with van der Waals surface area (Å²) in [5, 5.41) is 3.08. The highest BCUT2D eigenvalue weighted by atomic mass is 79.9. The van der Waals surface area contributed by atoms with Gasteiger partial charge in [0.2, 0.25) is 0 Å². The van der Waals surface area contributed by atoms with Crippen molar-refractivity contribution in [1.82, 2.24) is 10.9 Å². The van der Waals surface area contributed by atoms with Gasteiger partial charge in [-0.1, -0.05) is 11.6 Å². The molecule has 8 heteroatoms. The van der Waals surface area contributed by atoms with Crippen molar-refractivity contribution in [2.75, 3.05) is 5.32 Å².